The lowest BCUT2D eigenvalue weighted by Crippen LogP contribution is -2.39. The van der Waals surface area contributed by atoms with Crippen molar-refractivity contribution < 1.29 is 63.3 Å². The van der Waals surface area contributed by atoms with E-state index in [4.69, 9.17) is 20.9 Å². The second-order valence-corrected chi connectivity index (χ2v) is 23.4. The van der Waals surface area contributed by atoms with Crippen LogP contribution in [0.1, 0.15) is 86.2 Å². The first-order chi connectivity index (χ1) is 42.9. The highest BCUT2D eigenvalue weighted by molar-refractivity contribution is 7.99. The van der Waals surface area contributed by atoms with Crippen LogP contribution in [0.25, 0.3) is 22.3 Å². The number of nitrogens with zero attached hydrogens (tertiary/aromatic N) is 2. The molecule has 0 amide bonds. The molecule has 0 aliphatic carbocycles. The van der Waals surface area contributed by atoms with Crippen molar-refractivity contribution in [3.63, 3.8) is 0 Å². The van der Waals surface area contributed by atoms with Gasteiger partial charge in [0.1, 0.15) is 17.7 Å². The summed E-state index contributed by atoms with van der Waals surface area (Å²) in [6.07, 6.45) is -10.5. The molecule has 10 rings (SSSR count). The van der Waals surface area contributed by atoms with Crippen LogP contribution < -0.4 is 42.7 Å². The fourth-order valence-corrected chi connectivity index (χ4v) is 14.6. The first-order valence-electron chi connectivity index (χ1n) is 28.3. The van der Waals surface area contributed by atoms with Gasteiger partial charge in [-0.3, -0.25) is 23.5 Å². The van der Waals surface area contributed by atoms with Gasteiger partial charge in [0, 0.05) is 59.7 Å². The number of methoxy groups -OCH3 is 2. The molecule has 0 saturated carbocycles. The highest BCUT2D eigenvalue weighted by atomic mass is 32.2. The number of aromatic nitrogens is 2. The molecule has 0 spiro atoms. The predicted octanol–water partition coefficient (Wildman–Crippen LogP) is 13.2. The largest absolute Gasteiger partial charge is 0.494 e. The number of pyridine rings is 2. The first-order valence-corrected chi connectivity index (χ1v) is 30.3. The lowest BCUT2D eigenvalue weighted by Gasteiger charge is -2.28. The lowest BCUT2D eigenvalue weighted by molar-refractivity contribution is -0.139. The molecule has 7 N–H and O–H groups in total. The lowest BCUT2D eigenvalue weighted by atomic mass is 9.91. The number of fused-ring (bicyclic) bond motifs is 2. The Bertz CT molecular complexity index is 4060. The van der Waals surface area contributed by atoms with Crippen molar-refractivity contribution >= 4 is 29.5 Å². The van der Waals surface area contributed by atoms with Crippen LogP contribution in [0.5, 0.6) is 11.5 Å². The van der Waals surface area contributed by atoms with Crippen LogP contribution in [0.15, 0.2) is 153 Å². The van der Waals surface area contributed by atoms with E-state index >= 15 is 17.6 Å². The third kappa shape index (κ3) is 13.6. The minimum Gasteiger partial charge on any atom is -0.494 e. The number of carboxylic acids is 1. The number of hydrogen-bond donors (Lipinski definition) is 5. The smallest absolute Gasteiger partial charge is 0.416 e. The van der Waals surface area contributed by atoms with E-state index in [2.05, 4.69) is 10.6 Å². The third-order valence-corrected chi connectivity index (χ3v) is 18.6. The molecule has 12 nitrogen and oxygen atoms in total. The summed E-state index contributed by atoms with van der Waals surface area (Å²) in [6.45, 7) is 4.02. The number of carboxylic acid groups (broad SMARTS) is 1. The number of nitrogens with one attached hydrogen (secondary N) is 2. The molecule has 5 atom stereocenters. The molecule has 0 saturated heterocycles. The van der Waals surface area contributed by atoms with Gasteiger partial charge in [0.2, 0.25) is 0 Å². The Labute approximate surface area is 519 Å². The van der Waals surface area contributed by atoms with Gasteiger partial charge in [-0.25, -0.2) is 17.6 Å². The van der Waals surface area contributed by atoms with Gasteiger partial charge in [-0.15, -0.1) is 23.5 Å². The third-order valence-electron chi connectivity index (χ3n) is 16.1. The number of benzene rings is 6. The van der Waals surface area contributed by atoms with Crippen molar-refractivity contribution in [2.75, 3.05) is 45.4 Å². The molecule has 4 heterocycles. The summed E-state index contributed by atoms with van der Waals surface area (Å²) in [6, 6.07) is 29.4. The van der Waals surface area contributed by atoms with Gasteiger partial charge in [0.15, 0.2) is 23.1 Å². The fourth-order valence-electron chi connectivity index (χ4n) is 11.7. The van der Waals surface area contributed by atoms with Crippen LogP contribution >= 0.6 is 23.5 Å². The quantitative estimate of drug-likeness (QED) is 0.0457. The number of ether oxygens (including phenoxy) is 2. The second kappa shape index (κ2) is 28.1. The highest BCUT2D eigenvalue weighted by Gasteiger charge is 2.41. The summed E-state index contributed by atoms with van der Waals surface area (Å²) in [5.74, 6) is -4.39. The molecule has 8 aromatic rings. The average Bonchev–Trinajstić information content (AvgIpc) is 1.45. The summed E-state index contributed by atoms with van der Waals surface area (Å²) in [7, 11) is 2.57. The van der Waals surface area contributed by atoms with Crippen LogP contribution in [0.3, 0.4) is 0 Å². The van der Waals surface area contributed by atoms with Crippen LogP contribution in [0.2, 0.25) is 0 Å². The molecule has 24 heteroatoms. The minimum atomic E-state index is -4.85. The predicted molar refractivity (Wildman–Crippen MR) is 326 cm³/mol. The Balaban J connectivity index is 0.000000214. The summed E-state index contributed by atoms with van der Waals surface area (Å²) < 4.78 is 159. The van der Waals surface area contributed by atoms with E-state index < -0.39 is 118 Å². The molecule has 0 radical (unpaired) electrons. The van der Waals surface area contributed by atoms with Crippen molar-refractivity contribution in [2.45, 2.75) is 85.7 Å². The minimum absolute atomic E-state index is 0.0156. The van der Waals surface area contributed by atoms with Crippen LogP contribution in [-0.4, -0.2) is 71.6 Å². The number of carbonyl (C=O) groups is 1. The van der Waals surface area contributed by atoms with Gasteiger partial charge in [-0.2, -0.15) is 26.3 Å². The zero-order valence-electron chi connectivity index (χ0n) is 48.9. The second-order valence-electron chi connectivity index (χ2n) is 21.4. The molecule has 2 aliphatic rings. The maximum atomic E-state index is 15.8. The average molecular weight is 1290 g/mol. The van der Waals surface area contributed by atoms with Gasteiger partial charge in [0.05, 0.1) is 70.7 Å². The van der Waals surface area contributed by atoms with Gasteiger partial charge in [-0.1, -0.05) is 97.1 Å². The summed E-state index contributed by atoms with van der Waals surface area (Å²) in [5, 5.41) is 16.8. The standard InChI is InChI=1S/C34H32F5N3O4S.C32H30F5N3O2S/c1-18-21(16-22-23(34(37,38)39)11-7-12-24(22)35)32-42(31(43)28(18)20-10-6-13-27(46-2)29(20)36)26(17-47-32)30(19-8-4-3-5-9-19)41-15-14-25(40)33(44)45;1-18-21(16-22-23(32(35,36)37)11-7-12-24(22)33)31-40(30(41)27(18)20-10-6-13-26(42-2)28(20)34)25(17-43-31)29(39-15-14-38)19-8-4-3-5-9-19/h3-13,25-26,30,41H,14-17,40H2,1-2H3,(H,44,45);3-13,25,29,39H,14-17,38H2,1-2H3. The van der Waals surface area contributed by atoms with Crippen LogP contribution in [0.4, 0.5) is 43.9 Å². The first kappa shape index (κ1) is 66.5. The van der Waals surface area contributed by atoms with Gasteiger partial charge >= 0.3 is 18.3 Å². The molecule has 0 fully saturated rings. The Morgan fingerprint density at radius 3 is 1.34 bits per heavy atom. The van der Waals surface area contributed by atoms with Gasteiger partial charge in [-0.05, 0) is 96.6 Å². The zero-order chi connectivity index (χ0) is 64.9. The number of nitrogens with two attached hydrogens (primary N) is 2. The Morgan fingerprint density at radius 2 is 0.978 bits per heavy atom. The van der Waals surface area contributed by atoms with Crippen LogP contribution in [-0.2, 0) is 30.0 Å². The van der Waals surface area contributed by atoms with E-state index in [0.717, 1.165) is 47.5 Å². The Morgan fingerprint density at radius 1 is 0.589 bits per heavy atom. The summed E-state index contributed by atoms with van der Waals surface area (Å²) >= 11 is 2.55. The SMILES string of the molecule is COc1cccc(-c2c(C)c(Cc3c(F)cccc3C(F)(F)F)c3n(c2=O)C(C(NCCC(N)C(=O)O)c2ccccc2)CS3)c1F.COc1cccc(-c2c(C)c(Cc3c(F)cccc3C(F)(F)F)c3n(c2=O)C(C(NCCN)c2ccccc2)CS3)c1F. The topological polar surface area (TPSA) is 176 Å². The molecule has 2 aliphatic heterocycles. The monoisotopic (exact) mass is 1290 g/mol. The van der Waals surface area contributed by atoms with E-state index in [1.165, 1.54) is 90.2 Å². The summed E-state index contributed by atoms with van der Waals surface area (Å²) in [5.41, 5.74) is 9.51. The molecule has 0 bridgehead atoms. The van der Waals surface area contributed by atoms with E-state index in [1.807, 2.05) is 48.5 Å². The van der Waals surface area contributed by atoms with E-state index in [1.54, 1.807) is 19.1 Å². The normalized spacial score (nSPS) is 15.6. The van der Waals surface area contributed by atoms with Crippen molar-refractivity contribution in [1.29, 1.82) is 0 Å². The number of rotatable bonds is 20. The Kier molecular flexibility index (Phi) is 20.8. The summed E-state index contributed by atoms with van der Waals surface area (Å²) in [4.78, 5) is 40.2. The maximum Gasteiger partial charge on any atom is 0.416 e. The molecule has 5 unspecified atom stereocenters. The Hall–Kier alpha value is -7.87. The molecule has 2 aromatic heterocycles. The van der Waals surface area contributed by atoms with Crippen molar-refractivity contribution in [3.05, 3.63) is 233 Å². The number of thioether (sulfide) groups is 2. The molecule has 474 valence electrons. The molecule has 90 heavy (non-hydrogen) atoms. The molecular formula is C66H62F10N6O6S2. The van der Waals surface area contributed by atoms with Gasteiger partial charge in [0.25, 0.3) is 11.1 Å². The van der Waals surface area contributed by atoms with E-state index in [0.29, 0.717) is 34.5 Å². The molecule has 6 aromatic carbocycles. The van der Waals surface area contributed by atoms with E-state index in [9.17, 15) is 45.8 Å². The van der Waals surface area contributed by atoms with Crippen molar-refractivity contribution in [2.24, 2.45) is 11.5 Å². The number of halogens is 10. The highest BCUT2D eigenvalue weighted by Crippen LogP contribution is 2.48. The van der Waals surface area contributed by atoms with Crippen molar-refractivity contribution in [3.8, 4) is 33.8 Å². The van der Waals surface area contributed by atoms with Crippen LogP contribution in [0, 0.1) is 37.1 Å². The van der Waals surface area contributed by atoms with Gasteiger partial charge < -0.3 is 36.7 Å². The number of alkyl halides is 6. The number of hydrogen-bond acceptors (Lipinski definition) is 11. The fraction of sp³-hybridized carbons (Fsp3) is 0.288. The van der Waals surface area contributed by atoms with Crippen molar-refractivity contribution in [1.82, 2.24) is 19.8 Å². The number of aliphatic carboxylic acids is 1. The molecular weight excluding hydrogens is 1230 g/mol. The maximum absolute atomic E-state index is 15.8. The zero-order valence-corrected chi connectivity index (χ0v) is 50.5. The van der Waals surface area contributed by atoms with E-state index in [-0.39, 0.29) is 69.2 Å².